The normalized spacial score (nSPS) is 9.89. The third-order valence-electron chi connectivity index (χ3n) is 2.20. The van der Waals surface area contributed by atoms with Crippen molar-refractivity contribution in [3.05, 3.63) is 35.7 Å². The van der Waals surface area contributed by atoms with Gasteiger partial charge in [-0.15, -0.1) is 10.2 Å². The smallest absolute Gasteiger partial charge is 0.337 e. The molecule has 2 aromatic rings. The molecule has 2 amide bonds. The Morgan fingerprint density at radius 3 is 2.79 bits per heavy atom. The van der Waals surface area contributed by atoms with Crippen molar-refractivity contribution in [3.63, 3.8) is 0 Å². The Bertz CT molecular complexity index is 583. The Labute approximate surface area is 107 Å². The van der Waals surface area contributed by atoms with E-state index in [-0.39, 0.29) is 17.8 Å². The number of aromatic carboxylic acids is 1. The van der Waals surface area contributed by atoms with Gasteiger partial charge in [-0.3, -0.25) is 0 Å². The molecular formula is C10H10N6O3. The molecule has 0 unspecified atom stereocenters. The number of hydrogen-bond donors (Lipinski definition) is 4. The summed E-state index contributed by atoms with van der Waals surface area (Å²) in [5.74, 6) is -0.796. The first-order valence-corrected chi connectivity index (χ1v) is 5.26. The van der Waals surface area contributed by atoms with Crippen LogP contribution in [0.1, 0.15) is 16.2 Å². The van der Waals surface area contributed by atoms with Gasteiger partial charge in [0.05, 0.1) is 17.8 Å². The third-order valence-corrected chi connectivity index (χ3v) is 2.20. The van der Waals surface area contributed by atoms with E-state index in [2.05, 4.69) is 31.3 Å². The summed E-state index contributed by atoms with van der Waals surface area (Å²) in [7, 11) is 0. The molecule has 98 valence electrons. The number of nitrogens with one attached hydrogen (secondary N) is 3. The predicted octanol–water partition coefficient (Wildman–Crippen LogP) is 0.220. The lowest BCUT2D eigenvalue weighted by Crippen LogP contribution is -2.29. The summed E-state index contributed by atoms with van der Waals surface area (Å²) in [6, 6.07) is 5.54. The predicted molar refractivity (Wildman–Crippen MR) is 63.4 cm³/mol. The second-order valence-corrected chi connectivity index (χ2v) is 3.49. The molecule has 9 heteroatoms. The maximum atomic E-state index is 11.6. The average molecular weight is 262 g/mol. The van der Waals surface area contributed by atoms with Crippen molar-refractivity contribution >= 4 is 17.7 Å². The van der Waals surface area contributed by atoms with Crippen molar-refractivity contribution in [1.29, 1.82) is 0 Å². The number of benzene rings is 1. The zero-order valence-electron chi connectivity index (χ0n) is 9.62. The maximum absolute atomic E-state index is 11.6. The SMILES string of the molecule is O=C(NCc1nn[nH]n1)Nc1ccccc1C(=O)O. The number of aromatic nitrogens is 4. The molecule has 0 aliphatic carbocycles. The molecule has 0 bridgehead atoms. The van der Waals surface area contributed by atoms with Gasteiger partial charge in [-0.2, -0.15) is 5.21 Å². The van der Waals surface area contributed by atoms with Crippen LogP contribution < -0.4 is 10.6 Å². The Kier molecular flexibility index (Phi) is 3.67. The highest BCUT2D eigenvalue weighted by molar-refractivity contribution is 5.99. The maximum Gasteiger partial charge on any atom is 0.337 e. The zero-order chi connectivity index (χ0) is 13.7. The first kappa shape index (κ1) is 12.5. The van der Waals surface area contributed by atoms with Gasteiger partial charge in [0, 0.05) is 0 Å². The van der Waals surface area contributed by atoms with Gasteiger partial charge in [-0.25, -0.2) is 9.59 Å². The van der Waals surface area contributed by atoms with Crippen molar-refractivity contribution in [3.8, 4) is 0 Å². The van der Waals surface area contributed by atoms with Crippen molar-refractivity contribution in [1.82, 2.24) is 25.9 Å². The van der Waals surface area contributed by atoms with Crippen LogP contribution in [0.15, 0.2) is 24.3 Å². The Hall–Kier alpha value is -2.97. The molecule has 1 heterocycles. The highest BCUT2D eigenvalue weighted by Crippen LogP contribution is 2.14. The number of tetrazole rings is 1. The highest BCUT2D eigenvalue weighted by Gasteiger charge is 2.11. The van der Waals surface area contributed by atoms with Crippen LogP contribution in [-0.2, 0) is 6.54 Å². The van der Waals surface area contributed by atoms with E-state index >= 15 is 0 Å². The van der Waals surface area contributed by atoms with Crippen molar-refractivity contribution in [2.24, 2.45) is 0 Å². The fraction of sp³-hybridized carbons (Fsp3) is 0.100. The fourth-order valence-electron chi connectivity index (χ4n) is 1.36. The van der Waals surface area contributed by atoms with Crippen molar-refractivity contribution in [2.45, 2.75) is 6.54 Å². The molecule has 0 fully saturated rings. The number of nitrogens with zero attached hydrogens (tertiary/aromatic N) is 3. The first-order valence-electron chi connectivity index (χ1n) is 5.26. The number of carbonyl (C=O) groups excluding carboxylic acids is 1. The second-order valence-electron chi connectivity index (χ2n) is 3.49. The number of hydrogen-bond acceptors (Lipinski definition) is 5. The molecule has 2 rings (SSSR count). The molecular weight excluding hydrogens is 252 g/mol. The molecule has 0 aliphatic heterocycles. The van der Waals surface area contributed by atoms with Crippen LogP contribution in [0.3, 0.4) is 0 Å². The average Bonchev–Trinajstić information content (AvgIpc) is 2.90. The Morgan fingerprint density at radius 2 is 2.11 bits per heavy atom. The van der Waals surface area contributed by atoms with E-state index in [0.29, 0.717) is 5.82 Å². The van der Waals surface area contributed by atoms with E-state index in [1.807, 2.05) is 0 Å². The van der Waals surface area contributed by atoms with E-state index in [4.69, 9.17) is 5.11 Å². The van der Waals surface area contributed by atoms with Crippen LogP contribution in [0.4, 0.5) is 10.5 Å². The standard InChI is InChI=1S/C10H10N6O3/c17-9(18)6-3-1-2-4-7(6)12-10(19)11-5-8-13-15-16-14-8/h1-4H,5H2,(H,17,18)(H2,11,12,19)(H,13,14,15,16). The van der Waals surface area contributed by atoms with Crippen LogP contribution in [0.2, 0.25) is 0 Å². The molecule has 0 atom stereocenters. The number of urea groups is 1. The van der Waals surface area contributed by atoms with Gasteiger partial charge in [0.2, 0.25) is 0 Å². The van der Waals surface area contributed by atoms with Crippen LogP contribution in [0.25, 0.3) is 0 Å². The van der Waals surface area contributed by atoms with E-state index in [0.717, 1.165) is 0 Å². The van der Waals surface area contributed by atoms with Gasteiger partial charge < -0.3 is 15.7 Å². The first-order chi connectivity index (χ1) is 9.16. The Balaban J connectivity index is 1.97. The summed E-state index contributed by atoms with van der Waals surface area (Å²) in [4.78, 5) is 22.5. The van der Waals surface area contributed by atoms with Crippen molar-refractivity contribution < 1.29 is 14.7 Å². The molecule has 0 aliphatic rings. The summed E-state index contributed by atoms with van der Waals surface area (Å²) < 4.78 is 0. The van der Waals surface area contributed by atoms with Crippen LogP contribution in [0.5, 0.6) is 0 Å². The number of amides is 2. The van der Waals surface area contributed by atoms with E-state index in [9.17, 15) is 9.59 Å². The minimum absolute atomic E-state index is 0.0113. The molecule has 19 heavy (non-hydrogen) atoms. The van der Waals surface area contributed by atoms with Gasteiger partial charge in [-0.1, -0.05) is 17.3 Å². The lowest BCUT2D eigenvalue weighted by atomic mass is 10.2. The number of rotatable bonds is 4. The fourth-order valence-corrected chi connectivity index (χ4v) is 1.36. The van der Waals surface area contributed by atoms with E-state index in [1.165, 1.54) is 12.1 Å². The molecule has 9 nitrogen and oxygen atoms in total. The molecule has 1 aromatic heterocycles. The largest absolute Gasteiger partial charge is 0.478 e. The monoisotopic (exact) mass is 262 g/mol. The minimum Gasteiger partial charge on any atom is -0.478 e. The molecule has 4 N–H and O–H groups in total. The summed E-state index contributed by atoms with van der Waals surface area (Å²) >= 11 is 0. The number of carboxylic acid groups (broad SMARTS) is 1. The van der Waals surface area contributed by atoms with Gasteiger partial charge >= 0.3 is 12.0 Å². The van der Waals surface area contributed by atoms with E-state index < -0.39 is 12.0 Å². The third kappa shape index (κ3) is 3.25. The van der Waals surface area contributed by atoms with Crippen LogP contribution >= 0.6 is 0 Å². The van der Waals surface area contributed by atoms with E-state index in [1.54, 1.807) is 12.1 Å². The lowest BCUT2D eigenvalue weighted by molar-refractivity contribution is 0.0698. The Morgan fingerprint density at radius 1 is 1.32 bits per heavy atom. The van der Waals surface area contributed by atoms with Gasteiger partial charge in [0.25, 0.3) is 0 Å². The number of aromatic amines is 1. The molecule has 0 saturated heterocycles. The van der Waals surface area contributed by atoms with Gasteiger partial charge in [0.1, 0.15) is 0 Å². The zero-order valence-corrected chi connectivity index (χ0v) is 9.62. The van der Waals surface area contributed by atoms with Crippen molar-refractivity contribution in [2.75, 3.05) is 5.32 Å². The summed E-state index contributed by atoms with van der Waals surface area (Å²) in [6.45, 7) is 0.0809. The highest BCUT2D eigenvalue weighted by atomic mass is 16.4. The second kappa shape index (κ2) is 5.58. The summed E-state index contributed by atoms with van der Waals surface area (Å²) in [6.07, 6.45) is 0. The molecule has 0 saturated carbocycles. The van der Waals surface area contributed by atoms with Gasteiger partial charge in [0.15, 0.2) is 5.82 Å². The van der Waals surface area contributed by atoms with Crippen LogP contribution in [0, 0.1) is 0 Å². The quantitative estimate of drug-likeness (QED) is 0.623. The summed E-state index contributed by atoms with van der Waals surface area (Å²) in [5.41, 5.74) is 0.220. The van der Waals surface area contributed by atoms with Gasteiger partial charge in [-0.05, 0) is 12.1 Å². The minimum atomic E-state index is -1.12. The topological polar surface area (TPSA) is 133 Å². The van der Waals surface area contributed by atoms with Crippen LogP contribution in [-0.4, -0.2) is 37.7 Å². The lowest BCUT2D eigenvalue weighted by Gasteiger charge is -2.08. The number of carboxylic acids is 1. The summed E-state index contributed by atoms with van der Waals surface area (Å²) in [5, 5.41) is 26.8. The molecule has 0 radical (unpaired) electrons. The molecule has 1 aromatic carbocycles. The number of anilines is 1. The number of H-pyrrole nitrogens is 1. The number of carbonyl (C=O) groups is 2. The number of para-hydroxylation sites is 1. The molecule has 0 spiro atoms.